The van der Waals surface area contributed by atoms with Crippen LogP contribution in [0.25, 0.3) is 0 Å². The van der Waals surface area contributed by atoms with Crippen LogP contribution in [0.5, 0.6) is 5.75 Å². The summed E-state index contributed by atoms with van der Waals surface area (Å²) < 4.78 is 5.91. The molecule has 25 heavy (non-hydrogen) atoms. The predicted molar refractivity (Wildman–Crippen MR) is 91.9 cm³/mol. The maximum absolute atomic E-state index is 11.3. The normalized spacial score (nSPS) is 11.9. The molecule has 0 amide bonds. The van der Waals surface area contributed by atoms with E-state index < -0.39 is 5.97 Å². The van der Waals surface area contributed by atoms with Gasteiger partial charge in [-0.05, 0) is 24.2 Å². The van der Waals surface area contributed by atoms with Crippen LogP contribution >= 0.6 is 11.8 Å². The van der Waals surface area contributed by atoms with Crippen LogP contribution in [0.2, 0.25) is 0 Å². The van der Waals surface area contributed by atoms with Gasteiger partial charge in [0, 0.05) is 18.6 Å². The van der Waals surface area contributed by atoms with E-state index in [2.05, 4.69) is 20.2 Å². The SMILES string of the molecule is C[C@@H](Cc1ccccc1)Oc1cc(Sc2ncn[nH]2)nc(C(=O)O)c1. The highest BCUT2D eigenvalue weighted by Gasteiger charge is 2.14. The standard InChI is InChI=1S/C17H16N4O3S/c1-11(7-12-5-3-2-4-6-12)24-13-8-14(16(22)23)20-15(9-13)25-17-18-10-19-21-17/h2-6,8-11H,7H2,1H3,(H,22,23)(H,18,19,21)/t11-/m0/s1. The number of aromatic carboxylic acids is 1. The molecule has 3 aromatic rings. The number of nitrogens with zero attached hydrogens (tertiary/aromatic N) is 3. The summed E-state index contributed by atoms with van der Waals surface area (Å²) in [6, 6.07) is 13.1. The Kier molecular flexibility index (Phi) is 5.30. The van der Waals surface area contributed by atoms with Crippen molar-refractivity contribution >= 4 is 17.7 Å². The Hall–Kier alpha value is -2.87. The molecule has 0 spiro atoms. The van der Waals surface area contributed by atoms with Crippen LogP contribution in [0.4, 0.5) is 0 Å². The lowest BCUT2D eigenvalue weighted by atomic mass is 10.1. The van der Waals surface area contributed by atoms with Gasteiger partial charge in [0.15, 0.2) is 10.9 Å². The number of benzene rings is 1. The summed E-state index contributed by atoms with van der Waals surface area (Å²) in [4.78, 5) is 19.4. The molecule has 2 heterocycles. The van der Waals surface area contributed by atoms with Gasteiger partial charge in [-0.3, -0.25) is 5.10 Å². The van der Waals surface area contributed by atoms with Crippen LogP contribution in [0.1, 0.15) is 23.0 Å². The quantitative estimate of drug-likeness (QED) is 0.671. The third-order valence-corrected chi connectivity index (χ3v) is 4.10. The molecule has 2 aromatic heterocycles. The highest BCUT2D eigenvalue weighted by atomic mass is 32.2. The zero-order valence-corrected chi connectivity index (χ0v) is 14.2. The van der Waals surface area contributed by atoms with Crippen molar-refractivity contribution in [3.05, 3.63) is 60.0 Å². The van der Waals surface area contributed by atoms with Crippen LogP contribution in [0.15, 0.2) is 59.0 Å². The number of carboxylic acid groups (broad SMARTS) is 1. The molecule has 1 aromatic carbocycles. The summed E-state index contributed by atoms with van der Waals surface area (Å²) in [5.41, 5.74) is 1.07. The van der Waals surface area contributed by atoms with Gasteiger partial charge < -0.3 is 9.84 Å². The molecule has 0 fully saturated rings. The lowest BCUT2D eigenvalue weighted by Crippen LogP contribution is -2.15. The second-order valence-electron chi connectivity index (χ2n) is 5.34. The number of aromatic nitrogens is 4. The number of pyridine rings is 1. The molecule has 1 atom stereocenters. The van der Waals surface area contributed by atoms with E-state index in [1.807, 2.05) is 37.3 Å². The Labute approximate surface area is 148 Å². The first-order chi connectivity index (χ1) is 12.1. The fourth-order valence-corrected chi connectivity index (χ4v) is 2.99. The Morgan fingerprint density at radius 3 is 2.80 bits per heavy atom. The number of carbonyl (C=O) groups is 1. The van der Waals surface area contributed by atoms with Crippen molar-refractivity contribution in [3.8, 4) is 5.75 Å². The predicted octanol–water partition coefficient (Wildman–Crippen LogP) is 3.06. The van der Waals surface area contributed by atoms with Crippen molar-refractivity contribution in [3.63, 3.8) is 0 Å². The minimum absolute atomic E-state index is 0.0774. The van der Waals surface area contributed by atoms with Crippen molar-refractivity contribution in [2.45, 2.75) is 29.6 Å². The molecule has 0 saturated carbocycles. The van der Waals surface area contributed by atoms with E-state index in [0.29, 0.717) is 15.9 Å². The van der Waals surface area contributed by atoms with Crippen LogP contribution in [0.3, 0.4) is 0 Å². The molecule has 0 aliphatic heterocycles. The summed E-state index contributed by atoms with van der Waals surface area (Å²) in [5, 5.41) is 16.7. The van der Waals surface area contributed by atoms with Crippen LogP contribution in [0, 0.1) is 0 Å². The van der Waals surface area contributed by atoms with E-state index in [-0.39, 0.29) is 11.8 Å². The minimum Gasteiger partial charge on any atom is -0.490 e. The number of ether oxygens (including phenoxy) is 1. The zero-order valence-electron chi connectivity index (χ0n) is 13.4. The van der Waals surface area contributed by atoms with Gasteiger partial charge in [0.05, 0.1) is 6.10 Å². The smallest absolute Gasteiger partial charge is 0.354 e. The van der Waals surface area contributed by atoms with Crippen molar-refractivity contribution in [1.82, 2.24) is 20.2 Å². The molecule has 0 radical (unpaired) electrons. The number of hydrogen-bond donors (Lipinski definition) is 2. The molecule has 0 bridgehead atoms. The summed E-state index contributed by atoms with van der Waals surface area (Å²) in [7, 11) is 0. The van der Waals surface area contributed by atoms with Crippen molar-refractivity contribution in [2.75, 3.05) is 0 Å². The molecule has 0 aliphatic carbocycles. The molecular weight excluding hydrogens is 340 g/mol. The monoisotopic (exact) mass is 356 g/mol. The Morgan fingerprint density at radius 1 is 1.32 bits per heavy atom. The summed E-state index contributed by atoms with van der Waals surface area (Å²) in [6.45, 7) is 1.94. The third kappa shape index (κ3) is 4.80. The summed E-state index contributed by atoms with van der Waals surface area (Å²) >= 11 is 1.19. The van der Waals surface area contributed by atoms with Crippen molar-refractivity contribution in [1.29, 1.82) is 0 Å². The number of H-pyrrole nitrogens is 1. The molecule has 0 unspecified atom stereocenters. The first-order valence-corrected chi connectivity index (χ1v) is 8.41. The molecule has 3 rings (SSSR count). The average molecular weight is 356 g/mol. The number of aromatic amines is 1. The highest BCUT2D eigenvalue weighted by molar-refractivity contribution is 7.99. The zero-order chi connectivity index (χ0) is 17.6. The molecule has 7 nitrogen and oxygen atoms in total. The van der Waals surface area contributed by atoms with Gasteiger partial charge in [0.2, 0.25) is 0 Å². The van der Waals surface area contributed by atoms with E-state index in [4.69, 9.17) is 4.74 Å². The first kappa shape index (κ1) is 17.0. The van der Waals surface area contributed by atoms with Gasteiger partial charge in [-0.15, -0.1) is 0 Å². The maximum Gasteiger partial charge on any atom is 0.354 e. The van der Waals surface area contributed by atoms with Crippen LogP contribution < -0.4 is 4.74 Å². The molecule has 0 saturated heterocycles. The lowest BCUT2D eigenvalue weighted by Gasteiger charge is -2.15. The molecule has 8 heteroatoms. The minimum atomic E-state index is -1.11. The van der Waals surface area contributed by atoms with E-state index in [1.165, 1.54) is 24.2 Å². The fraction of sp³-hybridized carbons (Fsp3) is 0.176. The van der Waals surface area contributed by atoms with Gasteiger partial charge >= 0.3 is 5.97 Å². The first-order valence-electron chi connectivity index (χ1n) is 7.59. The lowest BCUT2D eigenvalue weighted by molar-refractivity contribution is 0.0688. The van der Waals surface area contributed by atoms with Gasteiger partial charge in [-0.1, -0.05) is 30.3 Å². The van der Waals surface area contributed by atoms with Crippen molar-refractivity contribution < 1.29 is 14.6 Å². The summed E-state index contributed by atoms with van der Waals surface area (Å²) in [6.07, 6.45) is 1.98. The van der Waals surface area contributed by atoms with E-state index in [0.717, 1.165) is 12.0 Å². The summed E-state index contributed by atoms with van der Waals surface area (Å²) in [5.74, 6) is -0.654. The Balaban J connectivity index is 1.77. The van der Waals surface area contributed by atoms with Crippen molar-refractivity contribution in [2.24, 2.45) is 0 Å². The maximum atomic E-state index is 11.3. The largest absolute Gasteiger partial charge is 0.490 e. The van der Waals surface area contributed by atoms with Gasteiger partial charge in [-0.25, -0.2) is 14.8 Å². The molecule has 128 valence electrons. The topological polar surface area (TPSA) is 101 Å². The van der Waals surface area contributed by atoms with E-state index in [9.17, 15) is 9.90 Å². The van der Waals surface area contributed by atoms with E-state index in [1.54, 1.807) is 6.07 Å². The van der Waals surface area contributed by atoms with E-state index >= 15 is 0 Å². The Morgan fingerprint density at radius 2 is 2.12 bits per heavy atom. The molecular formula is C17H16N4O3S. The second kappa shape index (κ2) is 7.80. The number of nitrogens with one attached hydrogen (secondary N) is 1. The number of carboxylic acids is 1. The van der Waals surface area contributed by atoms with Gasteiger partial charge in [0.25, 0.3) is 0 Å². The molecule has 0 aliphatic rings. The Bertz CT molecular complexity index is 840. The van der Waals surface area contributed by atoms with Crippen LogP contribution in [-0.4, -0.2) is 37.3 Å². The third-order valence-electron chi connectivity index (χ3n) is 3.29. The number of hydrogen-bond acceptors (Lipinski definition) is 6. The number of rotatable bonds is 7. The van der Waals surface area contributed by atoms with Gasteiger partial charge in [0.1, 0.15) is 17.1 Å². The highest BCUT2D eigenvalue weighted by Crippen LogP contribution is 2.27. The van der Waals surface area contributed by atoms with Gasteiger partial charge in [-0.2, -0.15) is 5.10 Å². The average Bonchev–Trinajstić information content (AvgIpc) is 3.08. The molecule has 2 N–H and O–H groups in total. The van der Waals surface area contributed by atoms with Crippen LogP contribution in [-0.2, 0) is 6.42 Å². The second-order valence-corrected chi connectivity index (χ2v) is 6.35. The fourth-order valence-electron chi connectivity index (χ4n) is 2.27.